The summed E-state index contributed by atoms with van der Waals surface area (Å²) in [4.78, 5) is 0. The minimum absolute atomic E-state index is 0.439. The molecule has 3 nitrogen and oxygen atoms in total. The van der Waals surface area contributed by atoms with Crippen LogP contribution in [0.3, 0.4) is 0 Å². The zero-order valence-corrected chi connectivity index (χ0v) is 7.36. The molecular formula is C9H14N2O. The average Bonchev–Trinajstić information content (AvgIpc) is 2.63. The Kier molecular flexibility index (Phi) is 2.02. The van der Waals surface area contributed by atoms with Crippen molar-refractivity contribution in [2.75, 3.05) is 0 Å². The molecule has 1 heterocycles. The number of aryl methyl sites for hydroxylation is 1. The van der Waals surface area contributed by atoms with Gasteiger partial charge in [-0.15, -0.1) is 0 Å². The van der Waals surface area contributed by atoms with Gasteiger partial charge in [0.1, 0.15) is 0 Å². The summed E-state index contributed by atoms with van der Waals surface area (Å²) in [7, 11) is 1.90. The fourth-order valence-electron chi connectivity index (χ4n) is 1.66. The van der Waals surface area contributed by atoms with Gasteiger partial charge in [-0.25, -0.2) is 0 Å². The SMILES string of the molecule is Cn1cc(OC2CCCC2)cn1. The highest BCUT2D eigenvalue weighted by atomic mass is 16.5. The van der Waals surface area contributed by atoms with Crippen LogP contribution in [0.5, 0.6) is 5.75 Å². The van der Waals surface area contributed by atoms with Gasteiger partial charge in [-0.3, -0.25) is 4.68 Å². The second-order valence-corrected chi connectivity index (χ2v) is 3.37. The lowest BCUT2D eigenvalue weighted by Gasteiger charge is -2.09. The molecule has 0 amide bonds. The van der Waals surface area contributed by atoms with Crippen molar-refractivity contribution in [3.63, 3.8) is 0 Å². The normalized spacial score (nSPS) is 18.4. The van der Waals surface area contributed by atoms with E-state index in [-0.39, 0.29) is 0 Å². The highest BCUT2D eigenvalue weighted by Gasteiger charge is 2.16. The number of ether oxygens (including phenoxy) is 1. The fraction of sp³-hybridized carbons (Fsp3) is 0.667. The molecule has 0 bridgehead atoms. The molecule has 0 radical (unpaired) electrons. The number of rotatable bonds is 2. The second kappa shape index (κ2) is 3.17. The molecule has 0 N–H and O–H groups in total. The summed E-state index contributed by atoms with van der Waals surface area (Å²) in [5.74, 6) is 0.907. The molecule has 66 valence electrons. The number of aromatic nitrogens is 2. The van der Waals surface area contributed by atoms with Gasteiger partial charge in [-0.2, -0.15) is 5.10 Å². The Hall–Kier alpha value is -0.990. The number of hydrogen-bond donors (Lipinski definition) is 0. The molecule has 12 heavy (non-hydrogen) atoms. The summed E-state index contributed by atoms with van der Waals surface area (Å²) in [5, 5.41) is 4.05. The maximum atomic E-state index is 5.71. The fourth-order valence-corrected chi connectivity index (χ4v) is 1.66. The van der Waals surface area contributed by atoms with Gasteiger partial charge in [-0.05, 0) is 25.7 Å². The van der Waals surface area contributed by atoms with E-state index >= 15 is 0 Å². The Balaban J connectivity index is 1.94. The first-order valence-electron chi connectivity index (χ1n) is 4.50. The monoisotopic (exact) mass is 166 g/mol. The van der Waals surface area contributed by atoms with Crippen LogP contribution in [0.2, 0.25) is 0 Å². The Labute approximate surface area is 72.3 Å². The summed E-state index contributed by atoms with van der Waals surface area (Å²) in [6.07, 6.45) is 9.16. The van der Waals surface area contributed by atoms with E-state index < -0.39 is 0 Å². The van der Waals surface area contributed by atoms with Crippen LogP contribution in [-0.4, -0.2) is 15.9 Å². The zero-order chi connectivity index (χ0) is 8.39. The Morgan fingerprint density at radius 1 is 1.50 bits per heavy atom. The molecule has 1 fully saturated rings. The van der Waals surface area contributed by atoms with Crippen molar-refractivity contribution in [2.45, 2.75) is 31.8 Å². The summed E-state index contributed by atoms with van der Waals surface area (Å²) in [6.45, 7) is 0. The molecule has 0 aliphatic heterocycles. The van der Waals surface area contributed by atoms with E-state index in [9.17, 15) is 0 Å². The maximum Gasteiger partial charge on any atom is 0.157 e. The molecule has 0 spiro atoms. The van der Waals surface area contributed by atoms with E-state index in [0.29, 0.717) is 6.10 Å². The van der Waals surface area contributed by atoms with Crippen LogP contribution >= 0.6 is 0 Å². The topological polar surface area (TPSA) is 27.1 Å². The van der Waals surface area contributed by atoms with Gasteiger partial charge in [0.15, 0.2) is 5.75 Å². The van der Waals surface area contributed by atoms with Gasteiger partial charge in [0.05, 0.1) is 18.5 Å². The highest BCUT2D eigenvalue weighted by Crippen LogP contribution is 2.23. The van der Waals surface area contributed by atoms with Crippen LogP contribution in [0.1, 0.15) is 25.7 Å². The van der Waals surface area contributed by atoms with Crippen LogP contribution in [0.25, 0.3) is 0 Å². The largest absolute Gasteiger partial charge is 0.487 e. The van der Waals surface area contributed by atoms with Crippen molar-refractivity contribution in [3.05, 3.63) is 12.4 Å². The zero-order valence-electron chi connectivity index (χ0n) is 7.36. The number of hydrogen-bond acceptors (Lipinski definition) is 2. The lowest BCUT2D eigenvalue weighted by atomic mass is 10.3. The summed E-state index contributed by atoms with van der Waals surface area (Å²) in [6, 6.07) is 0. The van der Waals surface area contributed by atoms with Gasteiger partial charge >= 0.3 is 0 Å². The third-order valence-corrected chi connectivity index (χ3v) is 2.29. The molecule has 0 aromatic carbocycles. The second-order valence-electron chi connectivity index (χ2n) is 3.37. The van der Waals surface area contributed by atoms with Crippen LogP contribution in [-0.2, 0) is 7.05 Å². The molecule has 2 rings (SSSR count). The van der Waals surface area contributed by atoms with Crippen molar-refractivity contribution in [2.24, 2.45) is 7.05 Å². The molecular weight excluding hydrogens is 152 g/mol. The van der Waals surface area contributed by atoms with Gasteiger partial charge in [0.25, 0.3) is 0 Å². The van der Waals surface area contributed by atoms with Gasteiger partial charge < -0.3 is 4.74 Å². The molecule has 1 aromatic heterocycles. The van der Waals surface area contributed by atoms with E-state index in [1.165, 1.54) is 25.7 Å². The van der Waals surface area contributed by atoms with Crippen molar-refractivity contribution in [3.8, 4) is 5.75 Å². The summed E-state index contributed by atoms with van der Waals surface area (Å²) in [5.41, 5.74) is 0. The molecule has 1 aliphatic rings. The molecule has 0 saturated heterocycles. The summed E-state index contributed by atoms with van der Waals surface area (Å²) < 4.78 is 7.48. The first-order chi connectivity index (χ1) is 5.84. The molecule has 1 aromatic rings. The first kappa shape index (κ1) is 7.65. The van der Waals surface area contributed by atoms with Crippen LogP contribution in [0.15, 0.2) is 12.4 Å². The molecule has 1 aliphatic carbocycles. The van der Waals surface area contributed by atoms with Gasteiger partial charge in [0, 0.05) is 7.05 Å². The lowest BCUT2D eigenvalue weighted by molar-refractivity contribution is 0.210. The third-order valence-electron chi connectivity index (χ3n) is 2.29. The van der Waals surface area contributed by atoms with Gasteiger partial charge in [0.2, 0.25) is 0 Å². The van der Waals surface area contributed by atoms with E-state index in [2.05, 4.69) is 5.10 Å². The quantitative estimate of drug-likeness (QED) is 0.669. The van der Waals surface area contributed by atoms with Crippen LogP contribution in [0, 0.1) is 0 Å². The van der Waals surface area contributed by atoms with E-state index in [4.69, 9.17) is 4.74 Å². The van der Waals surface area contributed by atoms with E-state index in [1.807, 2.05) is 13.2 Å². The van der Waals surface area contributed by atoms with E-state index in [0.717, 1.165) is 5.75 Å². The Bertz CT molecular complexity index is 251. The lowest BCUT2D eigenvalue weighted by Crippen LogP contribution is -2.10. The van der Waals surface area contributed by atoms with Crippen LogP contribution < -0.4 is 4.74 Å². The third kappa shape index (κ3) is 1.60. The minimum atomic E-state index is 0.439. The van der Waals surface area contributed by atoms with E-state index in [1.54, 1.807) is 10.9 Å². The standard InChI is InChI=1S/C9H14N2O/c1-11-7-9(6-10-11)12-8-4-2-3-5-8/h6-8H,2-5H2,1H3. The van der Waals surface area contributed by atoms with Gasteiger partial charge in [-0.1, -0.05) is 0 Å². The Morgan fingerprint density at radius 2 is 2.25 bits per heavy atom. The predicted octanol–water partition coefficient (Wildman–Crippen LogP) is 1.74. The predicted molar refractivity (Wildman–Crippen MR) is 46.1 cm³/mol. The molecule has 0 unspecified atom stereocenters. The minimum Gasteiger partial charge on any atom is -0.487 e. The van der Waals surface area contributed by atoms with Crippen molar-refractivity contribution < 1.29 is 4.74 Å². The number of nitrogens with zero attached hydrogens (tertiary/aromatic N) is 2. The van der Waals surface area contributed by atoms with Crippen molar-refractivity contribution in [1.29, 1.82) is 0 Å². The summed E-state index contributed by atoms with van der Waals surface area (Å²) >= 11 is 0. The maximum absolute atomic E-state index is 5.71. The Morgan fingerprint density at radius 3 is 2.83 bits per heavy atom. The smallest absolute Gasteiger partial charge is 0.157 e. The molecule has 3 heteroatoms. The van der Waals surface area contributed by atoms with Crippen molar-refractivity contribution >= 4 is 0 Å². The van der Waals surface area contributed by atoms with Crippen molar-refractivity contribution in [1.82, 2.24) is 9.78 Å². The molecule has 0 atom stereocenters. The van der Waals surface area contributed by atoms with Crippen LogP contribution in [0.4, 0.5) is 0 Å². The average molecular weight is 166 g/mol. The first-order valence-corrected chi connectivity index (χ1v) is 4.50. The highest BCUT2D eigenvalue weighted by molar-refractivity contribution is 5.12. The molecule has 1 saturated carbocycles.